The summed E-state index contributed by atoms with van der Waals surface area (Å²) in [4.78, 5) is 0. The highest BCUT2D eigenvalue weighted by molar-refractivity contribution is 5.40. The molecule has 0 aliphatic heterocycles. The first kappa shape index (κ1) is 26.3. The highest BCUT2D eigenvalue weighted by Crippen LogP contribution is 2.55. The van der Waals surface area contributed by atoms with E-state index in [9.17, 15) is 61.5 Å². The topological polar surface area (TPSA) is 0 Å². The van der Waals surface area contributed by atoms with Gasteiger partial charge in [-0.25, -0.2) is 0 Å². The molecule has 0 N–H and O–H groups in total. The van der Waals surface area contributed by atoms with Gasteiger partial charge in [-0.2, -0.15) is 61.5 Å². The molecule has 0 aliphatic rings. The molecule has 0 heterocycles. The van der Waals surface area contributed by atoms with Crippen LogP contribution in [0.2, 0.25) is 0 Å². The van der Waals surface area contributed by atoms with Crippen molar-refractivity contribution in [1.29, 1.82) is 0 Å². The zero-order chi connectivity index (χ0) is 24.1. The molecule has 0 spiro atoms. The first-order chi connectivity index (χ1) is 13.0. The van der Waals surface area contributed by atoms with Gasteiger partial charge >= 0.3 is 36.0 Å². The zero-order valence-electron chi connectivity index (χ0n) is 14.8. The Bertz CT molecular complexity index is 754. The third-order valence-corrected chi connectivity index (χ3v) is 3.94. The van der Waals surface area contributed by atoms with E-state index in [1.165, 1.54) is 13.8 Å². The minimum atomic E-state index is -6.89. The van der Waals surface area contributed by atoms with E-state index < -0.39 is 71.1 Å². The van der Waals surface area contributed by atoms with Crippen LogP contribution in [-0.4, -0.2) is 24.2 Å². The molecule has 14 heteroatoms. The van der Waals surface area contributed by atoms with Gasteiger partial charge in [-0.05, 0) is 24.0 Å². The van der Waals surface area contributed by atoms with Gasteiger partial charge in [0.2, 0.25) is 0 Å². The van der Waals surface area contributed by atoms with Crippen molar-refractivity contribution in [3.8, 4) is 0 Å². The summed E-state index contributed by atoms with van der Waals surface area (Å²) in [6.07, 6.45) is -14.5. The number of alkyl halides is 14. The second-order valence-electron chi connectivity index (χ2n) is 6.76. The molecule has 1 aromatic carbocycles. The van der Waals surface area contributed by atoms with Crippen LogP contribution in [0.15, 0.2) is 18.2 Å². The van der Waals surface area contributed by atoms with Gasteiger partial charge < -0.3 is 0 Å². The monoisotopic (exact) mass is 470 g/mol. The standard InChI is InChI=1S/C16H12F14/c1-7(2)5-8-3-4-9(11(17,18)13(21,22)15(25,26)27)6-10(8)12(19,20)14(23,24)16(28,29)30/h3-4,6-7H,5H2,1-2H3. The Morgan fingerprint density at radius 1 is 0.633 bits per heavy atom. The first-order valence-electron chi connectivity index (χ1n) is 7.80. The Hall–Kier alpha value is -1.76. The van der Waals surface area contributed by atoms with Crippen molar-refractivity contribution in [1.82, 2.24) is 0 Å². The summed E-state index contributed by atoms with van der Waals surface area (Å²) in [5, 5.41) is 0. The summed E-state index contributed by atoms with van der Waals surface area (Å²) >= 11 is 0. The van der Waals surface area contributed by atoms with Crippen LogP contribution in [0, 0.1) is 5.92 Å². The third-order valence-electron chi connectivity index (χ3n) is 3.94. The summed E-state index contributed by atoms with van der Waals surface area (Å²) in [6.45, 7) is 2.54. The molecule has 0 saturated heterocycles. The molecule has 174 valence electrons. The lowest BCUT2D eigenvalue weighted by atomic mass is 9.88. The van der Waals surface area contributed by atoms with Gasteiger partial charge in [0.1, 0.15) is 0 Å². The molecular weight excluding hydrogens is 458 g/mol. The largest absolute Gasteiger partial charge is 0.460 e. The Labute approximate surface area is 159 Å². The van der Waals surface area contributed by atoms with E-state index in [0.29, 0.717) is 0 Å². The van der Waals surface area contributed by atoms with Gasteiger partial charge in [0.25, 0.3) is 0 Å². The average molecular weight is 470 g/mol. The summed E-state index contributed by atoms with van der Waals surface area (Å²) in [5.41, 5.74) is -6.01. The first-order valence-corrected chi connectivity index (χ1v) is 7.80. The Morgan fingerprint density at radius 3 is 1.40 bits per heavy atom. The third kappa shape index (κ3) is 4.18. The second-order valence-corrected chi connectivity index (χ2v) is 6.76. The number of benzene rings is 1. The fraction of sp³-hybridized carbons (Fsp3) is 0.625. The quantitative estimate of drug-likeness (QED) is 0.379. The van der Waals surface area contributed by atoms with E-state index in [2.05, 4.69) is 0 Å². The number of hydrogen-bond acceptors (Lipinski definition) is 0. The SMILES string of the molecule is CC(C)Cc1ccc(C(F)(F)C(F)(F)C(F)(F)F)cc1C(F)(F)C(F)(F)C(F)(F)F. The molecule has 0 aromatic heterocycles. The van der Waals surface area contributed by atoms with Crippen LogP contribution < -0.4 is 0 Å². The van der Waals surface area contributed by atoms with Gasteiger partial charge in [0.05, 0.1) is 0 Å². The molecule has 0 amide bonds. The van der Waals surface area contributed by atoms with Crippen LogP contribution in [0.4, 0.5) is 61.5 Å². The summed E-state index contributed by atoms with van der Waals surface area (Å²) < 4.78 is 183. The van der Waals surface area contributed by atoms with Gasteiger partial charge in [-0.3, -0.25) is 0 Å². The van der Waals surface area contributed by atoms with E-state index in [4.69, 9.17) is 0 Å². The van der Waals surface area contributed by atoms with Crippen LogP contribution in [0.25, 0.3) is 0 Å². The van der Waals surface area contributed by atoms with Crippen molar-refractivity contribution in [2.75, 3.05) is 0 Å². The number of hydrogen-bond donors (Lipinski definition) is 0. The fourth-order valence-electron chi connectivity index (χ4n) is 2.39. The molecule has 0 aliphatic carbocycles. The number of rotatable bonds is 6. The van der Waals surface area contributed by atoms with Crippen molar-refractivity contribution in [3.05, 3.63) is 34.9 Å². The van der Waals surface area contributed by atoms with Gasteiger partial charge in [0.15, 0.2) is 0 Å². The Kier molecular flexibility index (Phi) is 6.51. The van der Waals surface area contributed by atoms with Crippen molar-refractivity contribution in [3.63, 3.8) is 0 Å². The minimum absolute atomic E-state index is 0.0887. The molecule has 0 bridgehead atoms. The second kappa shape index (κ2) is 7.43. The van der Waals surface area contributed by atoms with Gasteiger partial charge in [0, 0.05) is 11.1 Å². The smallest absolute Gasteiger partial charge is 0.194 e. The van der Waals surface area contributed by atoms with Crippen LogP contribution in [0.3, 0.4) is 0 Å². The normalized spacial score (nSPS) is 15.1. The molecule has 0 fully saturated rings. The fourth-order valence-corrected chi connectivity index (χ4v) is 2.39. The molecule has 30 heavy (non-hydrogen) atoms. The highest BCUT2D eigenvalue weighted by atomic mass is 19.4. The Balaban J connectivity index is 3.82. The van der Waals surface area contributed by atoms with Crippen molar-refractivity contribution < 1.29 is 61.5 Å². The predicted octanol–water partition coefficient (Wildman–Crippen LogP) is 7.46. The molecule has 0 saturated carbocycles. The lowest BCUT2D eigenvalue weighted by Crippen LogP contribution is -2.51. The molecule has 1 rings (SSSR count). The molecule has 0 atom stereocenters. The molecule has 1 aromatic rings. The van der Waals surface area contributed by atoms with Crippen molar-refractivity contribution in [2.45, 2.75) is 56.3 Å². The minimum Gasteiger partial charge on any atom is -0.194 e. The maximum absolute atomic E-state index is 14.1. The molecular formula is C16H12F14. The van der Waals surface area contributed by atoms with Crippen LogP contribution in [-0.2, 0) is 18.3 Å². The van der Waals surface area contributed by atoms with E-state index in [1.54, 1.807) is 0 Å². The summed E-state index contributed by atoms with van der Waals surface area (Å²) in [7, 11) is 0. The molecule has 0 nitrogen and oxygen atoms in total. The van der Waals surface area contributed by atoms with Crippen LogP contribution in [0.1, 0.15) is 30.5 Å². The van der Waals surface area contributed by atoms with Crippen LogP contribution in [0.5, 0.6) is 0 Å². The van der Waals surface area contributed by atoms with E-state index >= 15 is 0 Å². The maximum Gasteiger partial charge on any atom is 0.460 e. The summed E-state index contributed by atoms with van der Waals surface area (Å²) in [5.74, 6) is -26.9. The average Bonchev–Trinajstić information content (AvgIpc) is 2.51. The zero-order valence-corrected chi connectivity index (χ0v) is 14.8. The lowest BCUT2D eigenvalue weighted by molar-refractivity contribution is -0.361. The van der Waals surface area contributed by atoms with Crippen molar-refractivity contribution >= 4 is 0 Å². The van der Waals surface area contributed by atoms with Crippen LogP contribution >= 0.6 is 0 Å². The van der Waals surface area contributed by atoms with E-state index in [0.717, 1.165) is 0 Å². The van der Waals surface area contributed by atoms with Gasteiger partial charge in [-0.15, -0.1) is 0 Å². The highest BCUT2D eigenvalue weighted by Gasteiger charge is 2.75. The molecule has 0 radical (unpaired) electrons. The maximum atomic E-state index is 14.1. The summed E-state index contributed by atoms with van der Waals surface area (Å²) in [6, 6.07) is -0.953. The molecule has 0 unspecified atom stereocenters. The number of halogens is 14. The van der Waals surface area contributed by atoms with Crippen molar-refractivity contribution in [2.24, 2.45) is 5.92 Å². The predicted molar refractivity (Wildman–Crippen MR) is 74.8 cm³/mol. The van der Waals surface area contributed by atoms with E-state index in [1.807, 2.05) is 0 Å². The Morgan fingerprint density at radius 2 is 1.03 bits per heavy atom. The van der Waals surface area contributed by atoms with E-state index in [-0.39, 0.29) is 12.1 Å². The lowest BCUT2D eigenvalue weighted by Gasteiger charge is -2.32. The van der Waals surface area contributed by atoms with Gasteiger partial charge in [-0.1, -0.05) is 26.0 Å².